The Morgan fingerprint density at radius 2 is 1.48 bits per heavy atom. The minimum Gasteiger partial charge on any atom is -0.512 e. The molecule has 52 heavy (non-hydrogen) atoms. The second-order valence-electron chi connectivity index (χ2n) is 15.7. The van der Waals surface area contributed by atoms with Crippen LogP contribution in [0.3, 0.4) is 0 Å². The van der Waals surface area contributed by atoms with Crippen molar-refractivity contribution in [3.05, 3.63) is 99.6 Å². The van der Waals surface area contributed by atoms with E-state index >= 15 is 0 Å². The number of fused-ring (bicyclic) bond motifs is 2. The van der Waals surface area contributed by atoms with Crippen LogP contribution in [0.1, 0.15) is 116 Å². The molecule has 1 radical (unpaired) electrons. The van der Waals surface area contributed by atoms with E-state index in [4.69, 9.17) is 4.98 Å². The van der Waals surface area contributed by atoms with Crippen molar-refractivity contribution in [3.63, 3.8) is 0 Å². The van der Waals surface area contributed by atoms with Crippen LogP contribution in [0.5, 0.6) is 0 Å². The van der Waals surface area contributed by atoms with Gasteiger partial charge in [-0.15, -0.1) is 40.5 Å². The van der Waals surface area contributed by atoms with E-state index in [0.717, 1.165) is 54.3 Å². The first kappa shape index (κ1) is 43.3. The summed E-state index contributed by atoms with van der Waals surface area (Å²) in [5.41, 5.74) is 12.5. The summed E-state index contributed by atoms with van der Waals surface area (Å²) >= 11 is 1.81. The molecule has 5 aromatic rings. The van der Waals surface area contributed by atoms with Gasteiger partial charge in [-0.2, -0.15) is 0 Å². The normalized spacial score (nSPS) is 12.1. The minimum absolute atomic E-state index is 0. The molecule has 0 amide bonds. The number of ketones is 1. The predicted octanol–water partition coefficient (Wildman–Crippen LogP) is 13.9. The molecule has 0 aliphatic carbocycles. The van der Waals surface area contributed by atoms with Crippen LogP contribution in [0.25, 0.3) is 43.4 Å². The van der Waals surface area contributed by atoms with Crippen LogP contribution in [-0.2, 0) is 36.7 Å². The summed E-state index contributed by atoms with van der Waals surface area (Å²) in [5, 5.41) is 14.4. The van der Waals surface area contributed by atoms with Crippen molar-refractivity contribution in [2.45, 2.75) is 121 Å². The molecule has 0 aliphatic rings. The number of aliphatic hydroxyl groups excluding tert-OH is 1. The number of carbonyl (C=O) groups excluding carboxylic acids is 1. The van der Waals surface area contributed by atoms with Crippen LogP contribution >= 0.6 is 11.3 Å². The maximum absolute atomic E-state index is 11.7. The molecule has 0 atom stereocenters. The zero-order chi connectivity index (χ0) is 37.6. The number of aryl methyl sites for hydroxylation is 3. The molecule has 0 spiro atoms. The van der Waals surface area contributed by atoms with Crippen LogP contribution in [0.4, 0.5) is 0 Å². The number of thiophene rings is 1. The summed E-state index contributed by atoms with van der Waals surface area (Å²) in [4.78, 5) is 16.9. The smallest absolute Gasteiger partial charge is 0.162 e. The van der Waals surface area contributed by atoms with Gasteiger partial charge in [0.2, 0.25) is 0 Å². The molecule has 0 aliphatic heterocycles. The number of aromatic nitrogens is 1. The van der Waals surface area contributed by atoms with Crippen molar-refractivity contribution in [2.75, 3.05) is 0 Å². The number of hydrogen-bond acceptors (Lipinski definition) is 4. The van der Waals surface area contributed by atoms with Gasteiger partial charge in [-0.05, 0) is 103 Å². The van der Waals surface area contributed by atoms with Crippen molar-refractivity contribution < 1.29 is 30.0 Å². The predicted molar refractivity (Wildman–Crippen MR) is 222 cm³/mol. The number of nitrogens with zero attached hydrogens (tertiary/aromatic N) is 1. The summed E-state index contributed by atoms with van der Waals surface area (Å²) in [5.74, 6) is 1.19. The SMILES string of the molecule is CCC(CC)C(=O)/C=C(\O)C(CC)CC.Cc1cc(CC(C)C)cc(C)c1-c1cc(-c2[c-]c3ccccc3c(C(C)(C)C)c2)nc2c(C)csc12.[Ir]. The minimum atomic E-state index is 0. The van der Waals surface area contributed by atoms with Gasteiger partial charge >= 0.3 is 0 Å². The van der Waals surface area contributed by atoms with Crippen LogP contribution in [-0.4, -0.2) is 15.9 Å². The monoisotopic (exact) mass is 895 g/mol. The largest absolute Gasteiger partial charge is 0.512 e. The Morgan fingerprint density at radius 1 is 0.885 bits per heavy atom. The number of allylic oxidation sites excluding steroid dienone is 2. The van der Waals surface area contributed by atoms with E-state index < -0.39 is 0 Å². The van der Waals surface area contributed by atoms with E-state index in [2.05, 4.69) is 115 Å². The van der Waals surface area contributed by atoms with Gasteiger partial charge in [0.25, 0.3) is 0 Å². The Morgan fingerprint density at radius 3 is 2.04 bits per heavy atom. The summed E-state index contributed by atoms with van der Waals surface area (Å²) in [6, 6.07) is 21.7. The first-order valence-corrected chi connectivity index (χ1v) is 19.9. The zero-order valence-corrected chi connectivity index (χ0v) is 36.8. The van der Waals surface area contributed by atoms with Gasteiger partial charge in [-0.1, -0.05) is 110 Å². The van der Waals surface area contributed by atoms with Crippen molar-refractivity contribution >= 4 is 38.1 Å². The first-order valence-electron chi connectivity index (χ1n) is 19.0. The number of benzene rings is 3. The first-order chi connectivity index (χ1) is 24.1. The van der Waals surface area contributed by atoms with Gasteiger partial charge < -0.3 is 5.11 Å². The van der Waals surface area contributed by atoms with Crippen molar-refractivity contribution in [2.24, 2.45) is 17.8 Å². The van der Waals surface area contributed by atoms with E-state index in [1.807, 2.05) is 39.0 Å². The summed E-state index contributed by atoms with van der Waals surface area (Å²) in [6.07, 6.45) is 6.02. The van der Waals surface area contributed by atoms with Gasteiger partial charge in [0, 0.05) is 43.7 Å². The zero-order valence-electron chi connectivity index (χ0n) is 33.6. The third-order valence-corrected chi connectivity index (χ3v) is 11.3. The van der Waals surface area contributed by atoms with E-state index in [9.17, 15) is 9.90 Å². The third kappa shape index (κ3) is 10.1. The number of rotatable bonds is 11. The van der Waals surface area contributed by atoms with E-state index in [-0.39, 0.29) is 48.9 Å². The molecule has 0 bridgehead atoms. The molecule has 5 heteroatoms. The molecule has 0 fully saturated rings. The quantitative estimate of drug-likeness (QED) is 0.0816. The molecular weight excluding hydrogens is 835 g/mol. The Kier molecular flexibility index (Phi) is 15.6. The number of hydrogen-bond donors (Lipinski definition) is 1. The Balaban J connectivity index is 0.000000389. The average molecular weight is 895 g/mol. The Labute approximate surface area is 331 Å². The fourth-order valence-corrected chi connectivity index (χ4v) is 8.29. The Hall–Kier alpha value is -3.11. The van der Waals surface area contributed by atoms with E-state index in [1.165, 1.54) is 55.1 Å². The fraction of sp³-hybridized carbons (Fsp3) is 0.447. The van der Waals surface area contributed by atoms with Gasteiger partial charge in [0.15, 0.2) is 5.78 Å². The molecular formula is C47H60IrNO2S-. The maximum atomic E-state index is 11.7. The summed E-state index contributed by atoms with van der Waals surface area (Å²) in [7, 11) is 0. The molecule has 2 aromatic heterocycles. The molecule has 3 aromatic carbocycles. The molecule has 0 saturated heterocycles. The van der Waals surface area contributed by atoms with Gasteiger partial charge in [0.1, 0.15) is 0 Å². The van der Waals surface area contributed by atoms with Gasteiger partial charge in [-0.3, -0.25) is 9.78 Å². The second kappa shape index (κ2) is 18.8. The number of pyridine rings is 1. The Bertz CT molecular complexity index is 1980. The molecule has 3 nitrogen and oxygen atoms in total. The van der Waals surface area contributed by atoms with Crippen LogP contribution in [0, 0.1) is 44.6 Å². The van der Waals surface area contributed by atoms with Gasteiger partial charge in [0.05, 0.1) is 16.0 Å². The van der Waals surface area contributed by atoms with Crippen LogP contribution in [0.2, 0.25) is 0 Å². The molecule has 2 heterocycles. The van der Waals surface area contributed by atoms with E-state index in [1.54, 1.807) is 0 Å². The fourth-order valence-electron chi connectivity index (χ4n) is 7.28. The maximum Gasteiger partial charge on any atom is 0.162 e. The molecule has 1 N–H and O–H groups in total. The van der Waals surface area contributed by atoms with Crippen molar-refractivity contribution in [1.82, 2.24) is 4.98 Å². The number of aliphatic hydroxyl groups is 1. The van der Waals surface area contributed by atoms with E-state index in [0.29, 0.717) is 5.92 Å². The molecule has 5 rings (SSSR count). The summed E-state index contributed by atoms with van der Waals surface area (Å²) in [6.45, 7) is 26.2. The van der Waals surface area contributed by atoms with Crippen LogP contribution < -0.4 is 0 Å². The number of carbonyl (C=O) groups is 1. The molecule has 0 saturated carbocycles. The van der Waals surface area contributed by atoms with Crippen LogP contribution in [0.15, 0.2) is 65.7 Å². The molecule has 281 valence electrons. The topological polar surface area (TPSA) is 50.2 Å². The third-order valence-electron chi connectivity index (χ3n) is 10.1. The average Bonchev–Trinajstić information content (AvgIpc) is 3.45. The second-order valence-corrected chi connectivity index (χ2v) is 16.6. The summed E-state index contributed by atoms with van der Waals surface area (Å²) < 4.78 is 1.27. The standard InChI is InChI=1S/C34H36NS.C13H24O2.Ir/c1-20(2)13-24-14-21(3)31(22(4)15-24)28-18-30(35-32-23(5)19-36-33(28)32)26-16-25-11-9-10-12-27(25)29(17-26)34(6,7)8;1-5-10(6-2)12(14)9-13(15)11(7-3)8-4;/h9-12,14-15,17-20H,13H2,1-8H3;9-11,14H,5-8H2,1-4H3;/q-1;;/b;12-9-;. The van der Waals surface area contributed by atoms with Crippen molar-refractivity contribution in [3.8, 4) is 22.4 Å². The van der Waals surface area contributed by atoms with Gasteiger partial charge in [-0.25, -0.2) is 0 Å². The van der Waals surface area contributed by atoms with Crippen molar-refractivity contribution in [1.29, 1.82) is 0 Å². The molecule has 0 unspecified atom stereocenters.